The Morgan fingerprint density at radius 1 is 1.32 bits per heavy atom. The average Bonchev–Trinajstić information content (AvgIpc) is 2.87. The van der Waals surface area contributed by atoms with E-state index in [1.807, 2.05) is 0 Å². The predicted octanol–water partition coefficient (Wildman–Crippen LogP) is 3.93. The van der Waals surface area contributed by atoms with Gasteiger partial charge in [0.05, 0.1) is 25.1 Å². The number of nitrogens with zero attached hydrogens (tertiary/aromatic N) is 4. The number of hydrogen-bond acceptors (Lipinski definition) is 4. The monoisotopic (exact) mass is 392 g/mol. The quantitative estimate of drug-likeness (QED) is 0.803. The van der Waals surface area contributed by atoms with Crippen molar-refractivity contribution in [1.29, 1.82) is 0 Å². The maximum absolute atomic E-state index is 12.9. The smallest absolute Gasteiger partial charge is 0.476 e. The number of aromatic nitrogens is 2. The molecule has 0 saturated carbocycles. The minimum Gasteiger partial charge on any atom is -0.476 e. The molecule has 0 aliphatic carbocycles. The van der Waals surface area contributed by atoms with E-state index in [0.29, 0.717) is 21.9 Å². The molecule has 0 amide bonds. The van der Waals surface area contributed by atoms with E-state index in [1.54, 1.807) is 12.1 Å². The number of rotatable bonds is 3. The van der Waals surface area contributed by atoms with Gasteiger partial charge in [0.2, 0.25) is 0 Å². The molecule has 1 aliphatic rings. The molecule has 3 rings (SSSR count). The topological polar surface area (TPSA) is 70.7 Å². The summed E-state index contributed by atoms with van der Waals surface area (Å²) >= 11 is 11.9. The maximum Gasteiger partial charge on any atom is 0.486 e. The van der Waals surface area contributed by atoms with Crippen LogP contribution in [-0.4, -0.2) is 38.4 Å². The van der Waals surface area contributed by atoms with E-state index >= 15 is 0 Å². The molecule has 0 radical (unpaired) electrons. The minimum atomic E-state index is -4.64. The number of halogens is 5. The lowest BCUT2D eigenvalue weighted by Gasteiger charge is -2.25. The van der Waals surface area contributed by atoms with Gasteiger partial charge in [0.15, 0.2) is 5.69 Å². The summed E-state index contributed by atoms with van der Waals surface area (Å²) in [5.41, 5.74) is 0.0425. The molecular weight excluding hydrogens is 384 g/mol. The Morgan fingerprint density at radius 2 is 2.04 bits per heavy atom. The third-order valence-corrected chi connectivity index (χ3v) is 4.13. The number of fused-ring (bicyclic) bond motifs is 1. The first-order chi connectivity index (χ1) is 11.7. The number of aliphatic imine (C=N–C) groups is 1. The van der Waals surface area contributed by atoms with Gasteiger partial charge in [-0.05, 0) is 17.7 Å². The molecule has 1 aromatic carbocycles. The van der Waals surface area contributed by atoms with Gasteiger partial charge >= 0.3 is 12.3 Å². The number of carboxylic acids is 1. The largest absolute Gasteiger partial charge is 0.486 e. The summed E-state index contributed by atoms with van der Waals surface area (Å²) in [6, 6.07) is 4.64. The second-order valence-electron chi connectivity index (χ2n) is 5.18. The normalized spacial score (nSPS) is 13.9. The van der Waals surface area contributed by atoms with E-state index in [4.69, 9.17) is 23.2 Å². The van der Waals surface area contributed by atoms with Crippen molar-refractivity contribution in [1.82, 2.24) is 14.7 Å². The van der Waals surface area contributed by atoms with Gasteiger partial charge in [-0.3, -0.25) is 9.58 Å². The van der Waals surface area contributed by atoms with Crippen LogP contribution in [0, 0.1) is 0 Å². The zero-order valence-corrected chi connectivity index (χ0v) is 13.8. The van der Waals surface area contributed by atoms with E-state index < -0.39 is 24.5 Å². The van der Waals surface area contributed by atoms with Crippen LogP contribution >= 0.6 is 23.2 Å². The zero-order chi connectivity index (χ0) is 18.4. The van der Waals surface area contributed by atoms with E-state index in [0.717, 1.165) is 4.68 Å². The lowest BCUT2D eigenvalue weighted by molar-refractivity contribution is -0.219. The Kier molecular flexibility index (Phi) is 4.38. The summed E-state index contributed by atoms with van der Waals surface area (Å²) in [6.07, 6.45) is -4.09. The highest BCUT2D eigenvalue weighted by molar-refractivity contribution is 6.35. The third kappa shape index (κ3) is 3.42. The second kappa shape index (κ2) is 6.23. The van der Waals surface area contributed by atoms with Crippen LogP contribution in [0.15, 0.2) is 23.2 Å². The van der Waals surface area contributed by atoms with E-state index in [1.165, 1.54) is 6.07 Å². The van der Waals surface area contributed by atoms with Gasteiger partial charge in [-0.1, -0.05) is 29.3 Å². The minimum absolute atomic E-state index is 0.0210. The number of carboxylic acid groups (broad SMARTS) is 1. The fourth-order valence-corrected chi connectivity index (χ4v) is 2.82. The number of aromatic carboxylic acids is 1. The standard InChI is InChI=1S/C14H9Cl2F3N4O2/c15-8-2-1-7(9(16)3-8)4-23-10-5-22(14(17,18)19)6-20-11(10)12(21-23)13(24)25/h1-3,6H,4-5H2,(H,24,25). The molecule has 0 saturated heterocycles. The highest BCUT2D eigenvalue weighted by Crippen LogP contribution is 2.34. The summed E-state index contributed by atoms with van der Waals surface area (Å²) in [6.45, 7) is -0.624. The van der Waals surface area contributed by atoms with Gasteiger partial charge in [0.1, 0.15) is 5.69 Å². The van der Waals surface area contributed by atoms with E-state index in [-0.39, 0.29) is 22.8 Å². The molecule has 0 spiro atoms. The number of hydrogen-bond donors (Lipinski definition) is 1. The van der Waals surface area contributed by atoms with Crippen molar-refractivity contribution in [3.63, 3.8) is 0 Å². The van der Waals surface area contributed by atoms with Crippen LogP contribution in [0.2, 0.25) is 10.0 Å². The van der Waals surface area contributed by atoms with E-state index in [9.17, 15) is 23.1 Å². The lowest BCUT2D eigenvalue weighted by atomic mass is 10.2. The van der Waals surface area contributed by atoms with Crippen molar-refractivity contribution in [2.45, 2.75) is 19.4 Å². The summed E-state index contributed by atoms with van der Waals surface area (Å²) in [5.74, 6) is -1.38. The van der Waals surface area contributed by atoms with Crippen molar-refractivity contribution in [2.75, 3.05) is 0 Å². The maximum atomic E-state index is 12.9. The molecule has 0 unspecified atom stereocenters. The van der Waals surface area contributed by atoms with Crippen LogP contribution in [0.1, 0.15) is 21.7 Å². The van der Waals surface area contributed by atoms with E-state index in [2.05, 4.69) is 10.1 Å². The fourth-order valence-electron chi connectivity index (χ4n) is 2.35. The Bertz CT molecular complexity index is 880. The molecule has 6 nitrogen and oxygen atoms in total. The first-order valence-electron chi connectivity index (χ1n) is 6.81. The molecule has 1 N–H and O–H groups in total. The summed E-state index contributed by atoms with van der Waals surface area (Å²) in [7, 11) is 0. The molecule has 2 heterocycles. The van der Waals surface area contributed by atoms with Gasteiger partial charge < -0.3 is 5.11 Å². The number of carbonyl (C=O) groups is 1. The molecular formula is C14H9Cl2F3N4O2. The first-order valence-corrected chi connectivity index (χ1v) is 7.57. The van der Waals surface area contributed by atoms with Crippen molar-refractivity contribution >= 4 is 41.2 Å². The summed E-state index contributed by atoms with van der Waals surface area (Å²) in [4.78, 5) is 15.0. The number of alkyl halides is 3. The van der Waals surface area contributed by atoms with Crippen LogP contribution in [-0.2, 0) is 13.1 Å². The molecule has 0 atom stereocenters. The van der Waals surface area contributed by atoms with Crippen LogP contribution in [0.3, 0.4) is 0 Å². The van der Waals surface area contributed by atoms with Gasteiger partial charge in [-0.15, -0.1) is 0 Å². The van der Waals surface area contributed by atoms with Gasteiger partial charge in [0.25, 0.3) is 0 Å². The van der Waals surface area contributed by atoms with Gasteiger partial charge in [0, 0.05) is 10.0 Å². The zero-order valence-electron chi connectivity index (χ0n) is 12.3. The molecule has 2 aromatic rings. The molecule has 0 fully saturated rings. The molecule has 0 bridgehead atoms. The Hall–Kier alpha value is -2.26. The fraction of sp³-hybridized carbons (Fsp3) is 0.214. The second-order valence-corrected chi connectivity index (χ2v) is 6.03. The molecule has 132 valence electrons. The Morgan fingerprint density at radius 3 is 2.64 bits per heavy atom. The van der Waals surface area contributed by atoms with Crippen LogP contribution < -0.4 is 0 Å². The first kappa shape index (κ1) is 17.6. The molecule has 25 heavy (non-hydrogen) atoms. The van der Waals surface area contributed by atoms with Gasteiger partial charge in [-0.25, -0.2) is 9.79 Å². The van der Waals surface area contributed by atoms with Crippen LogP contribution in [0.5, 0.6) is 0 Å². The molecule has 11 heteroatoms. The summed E-state index contributed by atoms with van der Waals surface area (Å²) < 4.78 is 39.9. The number of benzene rings is 1. The predicted molar refractivity (Wildman–Crippen MR) is 84.5 cm³/mol. The lowest BCUT2D eigenvalue weighted by Crippen LogP contribution is -2.38. The third-order valence-electron chi connectivity index (χ3n) is 3.54. The SMILES string of the molecule is O=C(O)c1nn(Cc2ccc(Cl)cc2Cl)c2c1N=CN(C(F)(F)F)C2. The molecule has 1 aromatic heterocycles. The summed E-state index contributed by atoms with van der Waals surface area (Å²) in [5, 5.41) is 13.8. The van der Waals surface area contributed by atoms with Gasteiger partial charge in [-0.2, -0.15) is 18.3 Å². The van der Waals surface area contributed by atoms with Crippen molar-refractivity contribution < 1.29 is 23.1 Å². The van der Waals surface area contributed by atoms with Crippen molar-refractivity contribution in [2.24, 2.45) is 4.99 Å². The average molecular weight is 393 g/mol. The van der Waals surface area contributed by atoms with Crippen LogP contribution in [0.4, 0.5) is 18.9 Å². The Balaban J connectivity index is 2.03. The van der Waals surface area contributed by atoms with Crippen LogP contribution in [0.25, 0.3) is 0 Å². The molecule has 1 aliphatic heterocycles. The highest BCUT2D eigenvalue weighted by Gasteiger charge is 2.39. The van der Waals surface area contributed by atoms with Crippen molar-refractivity contribution in [3.05, 3.63) is 45.2 Å². The highest BCUT2D eigenvalue weighted by atomic mass is 35.5. The van der Waals surface area contributed by atoms with Crippen molar-refractivity contribution in [3.8, 4) is 0 Å². The Labute approximate surface area is 149 Å².